The molecule has 22 heavy (non-hydrogen) atoms. The minimum atomic E-state index is -0.172. The number of aromatic nitrogens is 3. The second-order valence-electron chi connectivity index (χ2n) is 5.06. The Bertz CT molecular complexity index is 807. The highest BCUT2D eigenvalue weighted by Gasteiger charge is 2.10. The summed E-state index contributed by atoms with van der Waals surface area (Å²) in [7, 11) is 0. The molecule has 0 atom stereocenters. The Hall–Kier alpha value is -2.25. The number of rotatable bonds is 5. The van der Waals surface area contributed by atoms with E-state index in [-0.39, 0.29) is 5.91 Å². The maximum absolute atomic E-state index is 12.3. The largest absolute Gasteiger partial charge is 0.342 e. The minimum Gasteiger partial charge on any atom is -0.342 e. The number of hydrogen-bond acceptors (Lipinski definition) is 5. The lowest BCUT2D eigenvalue weighted by Crippen LogP contribution is -2.11. The molecule has 3 aromatic rings. The molecule has 1 amide bonds. The number of benzene rings is 1. The van der Waals surface area contributed by atoms with Crippen LogP contribution in [-0.2, 0) is 6.42 Å². The average molecular weight is 315 g/mol. The fraction of sp³-hybridized carbons (Fsp3) is 0.267. The lowest BCUT2D eigenvalue weighted by Gasteiger charge is -2.01. The fourth-order valence-electron chi connectivity index (χ4n) is 2.17. The summed E-state index contributed by atoms with van der Waals surface area (Å²) < 4.78 is 0. The Morgan fingerprint density at radius 2 is 2.27 bits per heavy atom. The van der Waals surface area contributed by atoms with Crippen molar-refractivity contribution in [1.82, 2.24) is 15.0 Å². The summed E-state index contributed by atoms with van der Waals surface area (Å²) in [5.74, 6) is 0.725. The molecule has 0 saturated carbocycles. The zero-order valence-electron chi connectivity index (χ0n) is 12.2. The number of H-pyrrole nitrogens is 1. The van der Waals surface area contributed by atoms with Crippen LogP contribution in [0, 0.1) is 6.92 Å². The molecule has 2 heterocycles. The summed E-state index contributed by atoms with van der Waals surface area (Å²) in [5, 5.41) is 5.31. The maximum Gasteiger partial charge on any atom is 0.257 e. The van der Waals surface area contributed by atoms with Crippen molar-refractivity contribution in [3.8, 4) is 0 Å². The van der Waals surface area contributed by atoms with Gasteiger partial charge in [-0.3, -0.25) is 10.1 Å². The number of aromatic amines is 1. The van der Waals surface area contributed by atoms with Crippen molar-refractivity contribution in [2.45, 2.75) is 19.8 Å². The predicted molar refractivity (Wildman–Crippen MR) is 88.3 cm³/mol. The highest BCUT2D eigenvalue weighted by Crippen LogP contribution is 2.18. The normalized spacial score (nSPS) is 11.0. The molecule has 0 saturated heterocycles. The van der Waals surface area contributed by atoms with Gasteiger partial charge in [0.2, 0.25) is 0 Å². The van der Waals surface area contributed by atoms with Gasteiger partial charge < -0.3 is 10.7 Å². The molecular formula is C15H17N5OS. The number of amides is 1. The van der Waals surface area contributed by atoms with E-state index in [0.717, 1.165) is 35.4 Å². The molecule has 0 radical (unpaired) electrons. The number of imidazole rings is 1. The molecule has 4 N–H and O–H groups in total. The number of carbonyl (C=O) groups excluding carboxylic acids is 1. The molecule has 6 nitrogen and oxygen atoms in total. The third-order valence-electron chi connectivity index (χ3n) is 3.25. The number of anilines is 1. The van der Waals surface area contributed by atoms with Crippen LogP contribution in [0.2, 0.25) is 0 Å². The molecule has 1 aromatic carbocycles. The molecule has 0 aliphatic heterocycles. The quantitative estimate of drug-likeness (QED) is 0.674. The van der Waals surface area contributed by atoms with Crippen LogP contribution in [0.1, 0.15) is 28.3 Å². The summed E-state index contributed by atoms with van der Waals surface area (Å²) in [5.41, 5.74) is 8.70. The van der Waals surface area contributed by atoms with Gasteiger partial charge >= 0.3 is 0 Å². The molecule has 2 aromatic heterocycles. The van der Waals surface area contributed by atoms with Crippen molar-refractivity contribution in [3.05, 3.63) is 40.7 Å². The van der Waals surface area contributed by atoms with E-state index in [1.165, 1.54) is 11.3 Å². The molecule has 0 spiro atoms. The van der Waals surface area contributed by atoms with Crippen LogP contribution in [0.3, 0.4) is 0 Å². The Balaban J connectivity index is 1.79. The van der Waals surface area contributed by atoms with Crippen molar-refractivity contribution in [2.75, 3.05) is 11.9 Å². The van der Waals surface area contributed by atoms with Crippen LogP contribution in [0.5, 0.6) is 0 Å². The number of nitrogens with zero attached hydrogens (tertiary/aromatic N) is 2. The molecule has 0 unspecified atom stereocenters. The lowest BCUT2D eigenvalue weighted by atomic mass is 10.2. The summed E-state index contributed by atoms with van der Waals surface area (Å²) in [6, 6.07) is 5.43. The first kappa shape index (κ1) is 14.7. The van der Waals surface area contributed by atoms with Gasteiger partial charge in [-0.1, -0.05) is 0 Å². The summed E-state index contributed by atoms with van der Waals surface area (Å²) in [6.07, 6.45) is 1.70. The van der Waals surface area contributed by atoms with Crippen molar-refractivity contribution in [3.63, 3.8) is 0 Å². The Morgan fingerprint density at radius 3 is 3.00 bits per heavy atom. The second kappa shape index (κ2) is 6.25. The van der Waals surface area contributed by atoms with E-state index in [0.29, 0.717) is 17.2 Å². The minimum absolute atomic E-state index is 0.172. The van der Waals surface area contributed by atoms with Gasteiger partial charge in [0.1, 0.15) is 5.82 Å². The Kier molecular flexibility index (Phi) is 4.17. The summed E-state index contributed by atoms with van der Waals surface area (Å²) >= 11 is 1.41. The second-order valence-corrected chi connectivity index (χ2v) is 5.91. The SMILES string of the molecule is Cc1csc(NC(=O)c2ccc3nc(CCCN)[nH]c3c2)n1. The van der Waals surface area contributed by atoms with Crippen molar-refractivity contribution in [1.29, 1.82) is 0 Å². The van der Waals surface area contributed by atoms with Gasteiger partial charge in [0, 0.05) is 17.4 Å². The molecular weight excluding hydrogens is 298 g/mol. The monoisotopic (exact) mass is 315 g/mol. The first-order valence-electron chi connectivity index (χ1n) is 7.08. The fourth-order valence-corrected chi connectivity index (χ4v) is 2.86. The highest BCUT2D eigenvalue weighted by atomic mass is 32.1. The predicted octanol–water partition coefficient (Wildman–Crippen LogP) is 2.47. The van der Waals surface area contributed by atoms with E-state index in [4.69, 9.17) is 5.73 Å². The number of aryl methyl sites for hydroxylation is 2. The number of thiazole rings is 1. The molecule has 114 valence electrons. The van der Waals surface area contributed by atoms with Gasteiger partial charge in [-0.05, 0) is 38.1 Å². The first-order chi connectivity index (χ1) is 10.7. The van der Waals surface area contributed by atoms with Crippen LogP contribution in [-0.4, -0.2) is 27.4 Å². The van der Waals surface area contributed by atoms with E-state index in [1.54, 1.807) is 6.07 Å². The van der Waals surface area contributed by atoms with Gasteiger partial charge in [-0.25, -0.2) is 9.97 Å². The van der Waals surface area contributed by atoms with Gasteiger partial charge in [0.15, 0.2) is 5.13 Å². The third kappa shape index (κ3) is 3.15. The molecule has 7 heteroatoms. The van der Waals surface area contributed by atoms with Crippen LogP contribution >= 0.6 is 11.3 Å². The number of nitrogens with two attached hydrogens (primary N) is 1. The van der Waals surface area contributed by atoms with Gasteiger partial charge in [-0.15, -0.1) is 11.3 Å². The lowest BCUT2D eigenvalue weighted by molar-refractivity contribution is 0.102. The van der Waals surface area contributed by atoms with Crippen molar-refractivity contribution >= 4 is 33.4 Å². The zero-order chi connectivity index (χ0) is 15.5. The number of carbonyl (C=O) groups is 1. The Labute approximate surface area is 131 Å². The maximum atomic E-state index is 12.3. The average Bonchev–Trinajstić information content (AvgIpc) is 3.09. The molecule has 0 aliphatic carbocycles. The first-order valence-corrected chi connectivity index (χ1v) is 7.96. The van der Waals surface area contributed by atoms with Gasteiger partial charge in [-0.2, -0.15) is 0 Å². The van der Waals surface area contributed by atoms with Crippen LogP contribution in [0.15, 0.2) is 23.6 Å². The van der Waals surface area contributed by atoms with Crippen LogP contribution < -0.4 is 11.1 Å². The van der Waals surface area contributed by atoms with E-state index < -0.39 is 0 Å². The molecule has 0 bridgehead atoms. The zero-order valence-corrected chi connectivity index (χ0v) is 13.0. The van der Waals surface area contributed by atoms with Crippen LogP contribution in [0.25, 0.3) is 11.0 Å². The molecule has 0 fully saturated rings. The van der Waals surface area contributed by atoms with E-state index in [9.17, 15) is 4.79 Å². The van der Waals surface area contributed by atoms with Gasteiger partial charge in [0.25, 0.3) is 5.91 Å². The standard InChI is InChI=1S/C15H17N5OS/c1-9-8-22-15(17-9)20-14(21)10-4-5-11-12(7-10)19-13(18-11)3-2-6-16/h4-5,7-8H,2-3,6,16H2,1H3,(H,18,19)(H,17,20,21). The molecule has 0 aliphatic rings. The van der Waals surface area contributed by atoms with E-state index in [1.807, 2.05) is 24.4 Å². The van der Waals surface area contributed by atoms with Crippen LogP contribution in [0.4, 0.5) is 5.13 Å². The van der Waals surface area contributed by atoms with Crippen molar-refractivity contribution in [2.24, 2.45) is 5.73 Å². The molecule has 3 rings (SSSR count). The topological polar surface area (TPSA) is 96.7 Å². The number of fused-ring (bicyclic) bond motifs is 1. The number of nitrogens with one attached hydrogen (secondary N) is 2. The summed E-state index contributed by atoms with van der Waals surface area (Å²) in [6.45, 7) is 2.53. The smallest absolute Gasteiger partial charge is 0.257 e. The third-order valence-corrected chi connectivity index (χ3v) is 4.13. The highest BCUT2D eigenvalue weighted by molar-refractivity contribution is 7.13. The Morgan fingerprint density at radius 1 is 1.41 bits per heavy atom. The van der Waals surface area contributed by atoms with Gasteiger partial charge in [0.05, 0.1) is 16.7 Å². The van der Waals surface area contributed by atoms with E-state index >= 15 is 0 Å². The van der Waals surface area contributed by atoms with Crippen molar-refractivity contribution < 1.29 is 4.79 Å². The number of hydrogen-bond donors (Lipinski definition) is 3. The van der Waals surface area contributed by atoms with E-state index in [2.05, 4.69) is 20.3 Å². The summed E-state index contributed by atoms with van der Waals surface area (Å²) in [4.78, 5) is 24.2.